The number of benzene rings is 1. The number of aliphatic carboxylic acids is 1. The van der Waals surface area contributed by atoms with Gasteiger partial charge in [-0.25, -0.2) is 0 Å². The van der Waals surface area contributed by atoms with E-state index in [2.05, 4.69) is 12.2 Å². The molecule has 0 aromatic heterocycles. The molecule has 23 heavy (non-hydrogen) atoms. The van der Waals surface area contributed by atoms with Crippen molar-refractivity contribution in [2.75, 3.05) is 0 Å². The number of carbonyl (C=O) groups excluding carboxylic acids is 1. The highest BCUT2D eigenvalue weighted by Crippen LogP contribution is 2.33. The summed E-state index contributed by atoms with van der Waals surface area (Å²) in [4.78, 5) is 24.7. The average molecular weight is 324 g/mol. The maximum Gasteiger partial charge on any atom is 0.307 e. The summed E-state index contributed by atoms with van der Waals surface area (Å²) in [5, 5.41) is 9.31. The van der Waals surface area contributed by atoms with Crippen LogP contribution in [0, 0.1) is 5.92 Å². The molecule has 1 unspecified atom stereocenters. The number of ketones is 1. The third-order valence-electron chi connectivity index (χ3n) is 3.72. The van der Waals surface area contributed by atoms with Crippen molar-refractivity contribution in [3.05, 3.63) is 82.8 Å². The van der Waals surface area contributed by atoms with Crippen molar-refractivity contribution < 1.29 is 14.7 Å². The summed E-state index contributed by atoms with van der Waals surface area (Å²) in [5.41, 5.74) is 1.06. The Balaban J connectivity index is 1.75. The van der Waals surface area contributed by atoms with Gasteiger partial charge in [0.25, 0.3) is 0 Å². The first-order valence-corrected chi connectivity index (χ1v) is 8.27. The zero-order valence-electron chi connectivity index (χ0n) is 12.4. The van der Waals surface area contributed by atoms with Crippen molar-refractivity contribution in [3.63, 3.8) is 0 Å². The Morgan fingerprint density at radius 3 is 2.57 bits per heavy atom. The maximum atomic E-state index is 12.7. The van der Waals surface area contributed by atoms with Gasteiger partial charge in [0.15, 0.2) is 5.78 Å². The van der Waals surface area contributed by atoms with Gasteiger partial charge in [-0.1, -0.05) is 66.8 Å². The van der Waals surface area contributed by atoms with Crippen LogP contribution >= 0.6 is 11.8 Å². The van der Waals surface area contributed by atoms with Crippen LogP contribution in [0.4, 0.5) is 0 Å². The predicted octanol–water partition coefficient (Wildman–Crippen LogP) is 3.79. The molecule has 3 rings (SSSR count). The average Bonchev–Trinajstić information content (AvgIpc) is 3.19. The molecule has 0 aliphatic heterocycles. The van der Waals surface area contributed by atoms with Crippen molar-refractivity contribution in [3.8, 4) is 0 Å². The van der Waals surface area contributed by atoms with Crippen molar-refractivity contribution >= 4 is 23.5 Å². The Labute approximate surface area is 139 Å². The Morgan fingerprint density at radius 2 is 1.83 bits per heavy atom. The highest BCUT2D eigenvalue weighted by Gasteiger charge is 2.23. The zero-order valence-corrected chi connectivity index (χ0v) is 13.2. The lowest BCUT2D eigenvalue weighted by atomic mass is 9.94. The number of allylic oxidation sites excluding steroid dienone is 5. The van der Waals surface area contributed by atoms with Crippen LogP contribution in [0.2, 0.25) is 0 Å². The standard InChI is InChI=1S/C19H16O3S/c20-18(21)12-13-5-1-4-8-17(13)19(22)14-9-10-16(11-14)23-15-6-2-3-7-15/h1-11,14-15H,12H2,(H,20,21). The van der Waals surface area contributed by atoms with E-state index in [0.29, 0.717) is 16.4 Å². The Hall–Kier alpha value is -2.33. The quantitative estimate of drug-likeness (QED) is 0.809. The molecular weight excluding hydrogens is 308 g/mol. The summed E-state index contributed by atoms with van der Waals surface area (Å²) in [5.74, 6) is -1.30. The van der Waals surface area contributed by atoms with Gasteiger partial charge >= 0.3 is 5.97 Å². The van der Waals surface area contributed by atoms with Crippen molar-refractivity contribution in [1.29, 1.82) is 0 Å². The monoisotopic (exact) mass is 324 g/mol. The van der Waals surface area contributed by atoms with Crippen LogP contribution in [-0.2, 0) is 11.2 Å². The fourth-order valence-electron chi connectivity index (χ4n) is 2.63. The SMILES string of the molecule is O=C(O)Cc1ccccc1C(=O)C1C=CC(SC2C=CC=C2)=C1. The molecule has 0 radical (unpaired) electrons. The minimum atomic E-state index is -0.932. The lowest BCUT2D eigenvalue weighted by molar-refractivity contribution is -0.136. The lowest BCUT2D eigenvalue weighted by Crippen LogP contribution is -2.13. The van der Waals surface area contributed by atoms with E-state index in [1.54, 1.807) is 36.0 Å². The number of hydrogen-bond acceptors (Lipinski definition) is 3. The summed E-state index contributed by atoms with van der Waals surface area (Å²) in [7, 11) is 0. The van der Waals surface area contributed by atoms with Gasteiger partial charge < -0.3 is 5.11 Å². The van der Waals surface area contributed by atoms with Crippen molar-refractivity contribution in [1.82, 2.24) is 0 Å². The van der Waals surface area contributed by atoms with E-state index in [1.807, 2.05) is 30.4 Å². The van der Waals surface area contributed by atoms with Crippen LogP contribution < -0.4 is 0 Å². The molecule has 116 valence electrons. The maximum absolute atomic E-state index is 12.7. The van der Waals surface area contributed by atoms with E-state index in [0.717, 1.165) is 4.91 Å². The molecule has 0 saturated heterocycles. The third-order valence-corrected chi connectivity index (χ3v) is 4.85. The second-order valence-electron chi connectivity index (χ2n) is 5.40. The van der Waals surface area contributed by atoms with Crippen LogP contribution in [0.5, 0.6) is 0 Å². The topological polar surface area (TPSA) is 54.4 Å². The van der Waals surface area contributed by atoms with E-state index in [1.165, 1.54) is 0 Å². The first-order chi connectivity index (χ1) is 11.1. The third kappa shape index (κ3) is 3.71. The molecular formula is C19H16O3S. The molecule has 1 N–H and O–H groups in total. The second kappa shape index (κ2) is 6.84. The number of carboxylic acid groups (broad SMARTS) is 1. The fourth-order valence-corrected chi connectivity index (χ4v) is 3.67. The number of carboxylic acids is 1. The van der Waals surface area contributed by atoms with Crippen LogP contribution in [0.3, 0.4) is 0 Å². The molecule has 0 spiro atoms. The van der Waals surface area contributed by atoms with Crippen LogP contribution in [0.25, 0.3) is 0 Å². The van der Waals surface area contributed by atoms with Gasteiger partial charge in [-0.2, -0.15) is 0 Å². The van der Waals surface area contributed by atoms with E-state index in [-0.39, 0.29) is 18.1 Å². The number of thioether (sulfide) groups is 1. The first kappa shape index (κ1) is 15.6. The number of rotatable bonds is 6. The van der Waals surface area contributed by atoms with Crippen LogP contribution in [0.1, 0.15) is 15.9 Å². The molecule has 1 atom stereocenters. The molecule has 0 amide bonds. The van der Waals surface area contributed by atoms with Gasteiger partial charge in [0.2, 0.25) is 0 Å². The van der Waals surface area contributed by atoms with Crippen LogP contribution in [-0.4, -0.2) is 22.1 Å². The van der Waals surface area contributed by atoms with Crippen LogP contribution in [0.15, 0.2) is 71.7 Å². The van der Waals surface area contributed by atoms with E-state index in [4.69, 9.17) is 5.11 Å². The van der Waals surface area contributed by atoms with Gasteiger partial charge in [-0.05, 0) is 5.56 Å². The molecule has 0 bridgehead atoms. The minimum Gasteiger partial charge on any atom is -0.481 e. The number of Topliss-reactive ketones (excluding diaryl/α,β-unsaturated/α-hetero) is 1. The second-order valence-corrected chi connectivity index (χ2v) is 6.65. The molecule has 0 fully saturated rings. The fraction of sp³-hybridized carbons (Fsp3) is 0.158. The Kier molecular flexibility index (Phi) is 4.63. The van der Waals surface area contributed by atoms with E-state index < -0.39 is 5.97 Å². The number of hydrogen-bond donors (Lipinski definition) is 1. The molecule has 4 heteroatoms. The van der Waals surface area contributed by atoms with Gasteiger partial charge in [0, 0.05) is 15.7 Å². The van der Waals surface area contributed by atoms with Gasteiger partial charge in [0.1, 0.15) is 0 Å². The summed E-state index contributed by atoms with van der Waals surface area (Å²) in [6.45, 7) is 0. The highest BCUT2D eigenvalue weighted by molar-refractivity contribution is 8.04. The van der Waals surface area contributed by atoms with Gasteiger partial charge in [0.05, 0.1) is 12.3 Å². The number of carbonyl (C=O) groups is 2. The Morgan fingerprint density at radius 1 is 1.09 bits per heavy atom. The summed E-state index contributed by atoms with van der Waals surface area (Å²) in [6.07, 6.45) is 13.9. The summed E-state index contributed by atoms with van der Waals surface area (Å²) >= 11 is 1.70. The molecule has 2 aliphatic rings. The lowest BCUT2D eigenvalue weighted by Gasteiger charge is -2.09. The highest BCUT2D eigenvalue weighted by atomic mass is 32.2. The molecule has 1 aromatic carbocycles. The smallest absolute Gasteiger partial charge is 0.307 e. The van der Waals surface area contributed by atoms with Crippen molar-refractivity contribution in [2.45, 2.75) is 11.7 Å². The van der Waals surface area contributed by atoms with Crippen molar-refractivity contribution in [2.24, 2.45) is 5.92 Å². The zero-order chi connectivity index (χ0) is 16.2. The van der Waals surface area contributed by atoms with Gasteiger partial charge in [-0.3, -0.25) is 9.59 Å². The summed E-state index contributed by atoms with van der Waals surface area (Å²) in [6, 6.07) is 6.93. The van der Waals surface area contributed by atoms with Gasteiger partial charge in [-0.15, -0.1) is 11.8 Å². The molecule has 1 aromatic rings. The minimum absolute atomic E-state index is 0.0498. The normalized spacial score (nSPS) is 19.3. The molecule has 0 saturated carbocycles. The predicted molar refractivity (Wildman–Crippen MR) is 92.5 cm³/mol. The molecule has 2 aliphatic carbocycles. The molecule has 3 nitrogen and oxygen atoms in total. The molecule has 0 heterocycles. The first-order valence-electron chi connectivity index (χ1n) is 7.39. The summed E-state index contributed by atoms with van der Waals surface area (Å²) < 4.78 is 0. The largest absolute Gasteiger partial charge is 0.481 e. The Bertz CT molecular complexity index is 744. The van der Waals surface area contributed by atoms with E-state index >= 15 is 0 Å². The van der Waals surface area contributed by atoms with E-state index in [9.17, 15) is 9.59 Å².